The Kier molecular flexibility index (Phi) is 4.99. The summed E-state index contributed by atoms with van der Waals surface area (Å²) in [5.74, 6) is 0.202. The summed E-state index contributed by atoms with van der Waals surface area (Å²) in [4.78, 5) is 0. The number of aliphatic hydroxyl groups is 1. The van der Waals surface area contributed by atoms with Gasteiger partial charge in [-0.05, 0) is 37.0 Å². The molecule has 0 aromatic heterocycles. The zero-order chi connectivity index (χ0) is 13.8. The molecule has 0 aliphatic rings. The average molecular weight is 253 g/mol. The van der Waals surface area contributed by atoms with Crippen LogP contribution in [0.2, 0.25) is 0 Å². The van der Waals surface area contributed by atoms with Crippen molar-refractivity contribution in [3.63, 3.8) is 0 Å². The lowest BCUT2D eigenvalue weighted by Crippen LogP contribution is -2.38. The van der Waals surface area contributed by atoms with Crippen LogP contribution in [0, 0.1) is 5.92 Å². The molecule has 0 heterocycles. The fraction of sp³-hybridized carbons (Fsp3) is 0.571. The molecule has 0 saturated carbocycles. The second-order valence-electron chi connectivity index (χ2n) is 5.52. The van der Waals surface area contributed by atoms with E-state index in [1.165, 1.54) is 12.1 Å². The predicted octanol–water partition coefficient (Wildman–Crippen LogP) is 1.98. The van der Waals surface area contributed by atoms with Gasteiger partial charge in [0.1, 0.15) is 0 Å². The van der Waals surface area contributed by atoms with Crippen LogP contribution in [-0.2, 0) is 6.54 Å². The van der Waals surface area contributed by atoms with Crippen molar-refractivity contribution >= 4 is 0 Å². The van der Waals surface area contributed by atoms with Gasteiger partial charge in [-0.25, -0.2) is 0 Å². The maximum Gasteiger partial charge on any atom is 0.157 e. The third-order valence-corrected chi connectivity index (χ3v) is 2.72. The van der Waals surface area contributed by atoms with Crippen LogP contribution >= 0.6 is 0 Å². The predicted molar refractivity (Wildman–Crippen MR) is 71.6 cm³/mol. The average Bonchev–Trinajstić information content (AvgIpc) is 2.21. The van der Waals surface area contributed by atoms with E-state index >= 15 is 0 Å². The molecule has 0 radical (unpaired) electrons. The zero-order valence-electron chi connectivity index (χ0n) is 11.3. The third kappa shape index (κ3) is 4.94. The number of benzene rings is 1. The first kappa shape index (κ1) is 14.8. The molecule has 4 heteroatoms. The maximum atomic E-state index is 10.1. The van der Waals surface area contributed by atoms with E-state index in [-0.39, 0.29) is 11.5 Å². The lowest BCUT2D eigenvalue weighted by atomic mass is 9.94. The first-order valence-corrected chi connectivity index (χ1v) is 6.24. The Morgan fingerprint density at radius 2 is 1.89 bits per heavy atom. The van der Waals surface area contributed by atoms with Crippen LogP contribution in [0.5, 0.6) is 11.5 Å². The summed E-state index contributed by atoms with van der Waals surface area (Å²) in [7, 11) is 0. The molecule has 1 atom stereocenters. The molecule has 0 fully saturated rings. The van der Waals surface area contributed by atoms with Crippen molar-refractivity contribution in [2.75, 3.05) is 6.54 Å². The van der Waals surface area contributed by atoms with Gasteiger partial charge in [-0.3, -0.25) is 0 Å². The second-order valence-corrected chi connectivity index (χ2v) is 5.52. The first-order valence-electron chi connectivity index (χ1n) is 6.24. The Morgan fingerprint density at radius 1 is 1.22 bits per heavy atom. The molecule has 0 bridgehead atoms. The van der Waals surface area contributed by atoms with E-state index in [9.17, 15) is 15.3 Å². The number of hydrogen-bond acceptors (Lipinski definition) is 4. The number of hydrogen-bond donors (Lipinski definition) is 4. The minimum Gasteiger partial charge on any atom is -0.504 e. The van der Waals surface area contributed by atoms with E-state index in [2.05, 4.69) is 19.2 Å². The highest BCUT2D eigenvalue weighted by atomic mass is 16.3. The summed E-state index contributed by atoms with van der Waals surface area (Å²) in [6, 6.07) is 4.71. The van der Waals surface area contributed by atoms with Crippen LogP contribution in [0.1, 0.15) is 32.8 Å². The van der Waals surface area contributed by atoms with Crippen LogP contribution in [0.3, 0.4) is 0 Å². The van der Waals surface area contributed by atoms with Gasteiger partial charge in [0, 0.05) is 13.1 Å². The van der Waals surface area contributed by atoms with Crippen LogP contribution in [0.4, 0.5) is 0 Å². The van der Waals surface area contributed by atoms with Gasteiger partial charge in [-0.1, -0.05) is 19.9 Å². The molecule has 4 N–H and O–H groups in total. The monoisotopic (exact) mass is 253 g/mol. The van der Waals surface area contributed by atoms with E-state index in [4.69, 9.17) is 0 Å². The molecular formula is C14H23NO3. The van der Waals surface area contributed by atoms with Gasteiger partial charge >= 0.3 is 0 Å². The molecule has 4 nitrogen and oxygen atoms in total. The molecule has 0 spiro atoms. The van der Waals surface area contributed by atoms with Crippen molar-refractivity contribution in [3.05, 3.63) is 23.8 Å². The Balaban J connectivity index is 2.43. The lowest BCUT2D eigenvalue weighted by Gasteiger charge is -2.25. The molecular weight excluding hydrogens is 230 g/mol. The van der Waals surface area contributed by atoms with Crippen LogP contribution in [-0.4, -0.2) is 27.5 Å². The van der Waals surface area contributed by atoms with Gasteiger partial charge in [-0.2, -0.15) is 0 Å². The number of nitrogens with one attached hydrogen (secondary N) is 1. The topological polar surface area (TPSA) is 72.7 Å². The van der Waals surface area contributed by atoms with Crippen molar-refractivity contribution < 1.29 is 15.3 Å². The molecule has 102 valence electrons. The standard InChI is InChI=1S/C14H23NO3/c1-10(2)7-14(3,18)9-15-8-11-4-5-12(16)13(17)6-11/h4-6,10,15-18H,7-9H2,1-3H3. The van der Waals surface area contributed by atoms with Crippen molar-refractivity contribution in [1.29, 1.82) is 0 Å². The number of phenolic OH excluding ortho intramolecular Hbond substituents is 2. The molecule has 1 rings (SSSR count). The highest BCUT2D eigenvalue weighted by Gasteiger charge is 2.21. The SMILES string of the molecule is CC(C)CC(C)(O)CNCc1ccc(O)c(O)c1. The van der Waals surface area contributed by atoms with Crippen LogP contribution in [0.25, 0.3) is 0 Å². The Morgan fingerprint density at radius 3 is 2.44 bits per heavy atom. The van der Waals surface area contributed by atoms with Crippen molar-refractivity contribution in [2.45, 2.75) is 39.3 Å². The number of phenols is 2. The van der Waals surface area contributed by atoms with Crippen LogP contribution < -0.4 is 5.32 Å². The summed E-state index contributed by atoms with van der Waals surface area (Å²) >= 11 is 0. The molecule has 0 amide bonds. The Labute approximate surface area is 108 Å². The minimum absolute atomic E-state index is 0.120. The van der Waals surface area contributed by atoms with E-state index in [0.29, 0.717) is 19.0 Å². The Bertz CT molecular complexity index is 389. The molecule has 0 aliphatic heterocycles. The van der Waals surface area contributed by atoms with Gasteiger partial charge in [0.2, 0.25) is 0 Å². The third-order valence-electron chi connectivity index (χ3n) is 2.72. The lowest BCUT2D eigenvalue weighted by molar-refractivity contribution is 0.0383. The van der Waals surface area contributed by atoms with E-state index in [0.717, 1.165) is 12.0 Å². The second kappa shape index (κ2) is 6.07. The van der Waals surface area contributed by atoms with Crippen molar-refractivity contribution in [3.8, 4) is 11.5 Å². The summed E-state index contributed by atoms with van der Waals surface area (Å²) in [6.45, 7) is 7.00. The fourth-order valence-electron chi connectivity index (χ4n) is 2.11. The molecule has 0 aliphatic carbocycles. The molecule has 0 saturated heterocycles. The molecule has 1 unspecified atom stereocenters. The van der Waals surface area contributed by atoms with E-state index in [1.54, 1.807) is 6.07 Å². The summed E-state index contributed by atoms with van der Waals surface area (Å²) in [5.41, 5.74) is 0.137. The fourth-order valence-corrected chi connectivity index (χ4v) is 2.11. The van der Waals surface area contributed by atoms with Crippen LogP contribution in [0.15, 0.2) is 18.2 Å². The van der Waals surface area contributed by atoms with Gasteiger partial charge in [0.25, 0.3) is 0 Å². The first-order chi connectivity index (χ1) is 8.30. The van der Waals surface area contributed by atoms with Gasteiger partial charge in [-0.15, -0.1) is 0 Å². The molecule has 18 heavy (non-hydrogen) atoms. The Hall–Kier alpha value is -1.26. The number of aromatic hydroxyl groups is 2. The number of rotatable bonds is 6. The van der Waals surface area contributed by atoms with E-state index < -0.39 is 5.60 Å². The normalized spacial score (nSPS) is 14.7. The minimum atomic E-state index is -0.729. The summed E-state index contributed by atoms with van der Waals surface area (Å²) in [5, 5.41) is 31.8. The zero-order valence-corrected chi connectivity index (χ0v) is 11.3. The van der Waals surface area contributed by atoms with E-state index in [1.807, 2.05) is 6.92 Å². The highest BCUT2D eigenvalue weighted by molar-refractivity contribution is 5.40. The van der Waals surface area contributed by atoms with Gasteiger partial charge in [0.15, 0.2) is 11.5 Å². The smallest absolute Gasteiger partial charge is 0.157 e. The largest absolute Gasteiger partial charge is 0.504 e. The molecule has 1 aromatic rings. The summed E-state index contributed by atoms with van der Waals surface area (Å²) < 4.78 is 0. The van der Waals surface area contributed by atoms with Gasteiger partial charge < -0.3 is 20.6 Å². The quantitative estimate of drug-likeness (QED) is 0.585. The van der Waals surface area contributed by atoms with Gasteiger partial charge in [0.05, 0.1) is 5.60 Å². The van der Waals surface area contributed by atoms with Crippen molar-refractivity contribution in [1.82, 2.24) is 5.32 Å². The summed E-state index contributed by atoms with van der Waals surface area (Å²) in [6.07, 6.45) is 0.737. The highest BCUT2D eigenvalue weighted by Crippen LogP contribution is 2.24. The van der Waals surface area contributed by atoms with Crippen molar-refractivity contribution in [2.24, 2.45) is 5.92 Å². The maximum absolute atomic E-state index is 10.1. The molecule has 1 aromatic carbocycles.